The third kappa shape index (κ3) is 4.02. The van der Waals surface area contributed by atoms with E-state index >= 15 is 0 Å². The van der Waals surface area contributed by atoms with Gasteiger partial charge in [-0.1, -0.05) is 39.0 Å². The molecule has 2 aromatic carbocycles. The van der Waals surface area contributed by atoms with Crippen molar-refractivity contribution in [3.05, 3.63) is 78.2 Å². The average Bonchev–Trinajstić information content (AvgIpc) is 3.20. The van der Waals surface area contributed by atoms with E-state index in [4.69, 9.17) is 4.74 Å². The maximum absolute atomic E-state index is 11.4. The van der Waals surface area contributed by atoms with Crippen molar-refractivity contribution >= 4 is 34.1 Å². The molecule has 1 N–H and O–H groups in total. The number of hydrogen-bond acceptors (Lipinski definition) is 6. The second-order valence-electron chi connectivity index (χ2n) is 8.07. The van der Waals surface area contributed by atoms with Crippen LogP contribution in [-0.4, -0.2) is 31.4 Å². The van der Waals surface area contributed by atoms with Gasteiger partial charge in [-0.05, 0) is 41.3 Å². The standard InChI is InChI=1S/C24H22N4O3/c1-24(2,3)17(15-30)13-22(28-26-19-8-4-5-9-20(19)27-28)31-21-11-10-16(14-29)18-7-6-12-25-23(18)21/h4-15,30H,1-3H3/b17-15-,22-13+. The molecule has 0 fully saturated rings. The van der Waals surface area contributed by atoms with Crippen molar-refractivity contribution < 1.29 is 14.6 Å². The molecule has 7 heteroatoms. The van der Waals surface area contributed by atoms with Gasteiger partial charge in [-0.25, -0.2) is 0 Å². The first-order valence-corrected chi connectivity index (χ1v) is 9.80. The summed E-state index contributed by atoms with van der Waals surface area (Å²) in [5.41, 5.74) is 2.76. The van der Waals surface area contributed by atoms with Crippen molar-refractivity contribution in [2.75, 3.05) is 0 Å². The van der Waals surface area contributed by atoms with Crippen molar-refractivity contribution in [2.24, 2.45) is 5.41 Å². The Morgan fingerprint density at radius 1 is 1.03 bits per heavy atom. The van der Waals surface area contributed by atoms with E-state index in [1.807, 2.05) is 51.1 Å². The molecule has 0 saturated carbocycles. The highest BCUT2D eigenvalue weighted by molar-refractivity contribution is 5.99. The second kappa shape index (κ2) is 8.02. The van der Waals surface area contributed by atoms with Gasteiger partial charge in [0, 0.05) is 23.2 Å². The van der Waals surface area contributed by atoms with Gasteiger partial charge in [0.25, 0.3) is 0 Å². The van der Waals surface area contributed by atoms with E-state index in [0.717, 1.165) is 12.5 Å². The van der Waals surface area contributed by atoms with Crippen molar-refractivity contribution in [2.45, 2.75) is 20.8 Å². The third-order valence-electron chi connectivity index (χ3n) is 4.88. The third-order valence-corrected chi connectivity index (χ3v) is 4.88. The summed E-state index contributed by atoms with van der Waals surface area (Å²) in [7, 11) is 0. The zero-order valence-corrected chi connectivity index (χ0v) is 17.5. The molecule has 0 radical (unpaired) electrons. The molecule has 0 amide bonds. The van der Waals surface area contributed by atoms with Crippen LogP contribution in [-0.2, 0) is 0 Å². The van der Waals surface area contributed by atoms with Crippen LogP contribution in [0, 0.1) is 5.41 Å². The summed E-state index contributed by atoms with van der Waals surface area (Å²) in [6.07, 6.45) is 5.18. The number of carbonyl (C=O) groups excluding carboxylic acids is 1. The molecule has 0 aliphatic rings. The lowest BCUT2D eigenvalue weighted by molar-refractivity contribution is 0.112. The van der Waals surface area contributed by atoms with Gasteiger partial charge in [-0.15, -0.1) is 15.0 Å². The first kappa shape index (κ1) is 20.3. The molecule has 0 unspecified atom stereocenters. The number of aliphatic hydroxyl groups is 1. The Hall–Kier alpha value is -4.00. The maximum Gasteiger partial charge on any atom is 0.239 e. The minimum absolute atomic E-state index is 0.289. The maximum atomic E-state index is 11.4. The molecular weight excluding hydrogens is 392 g/mol. The highest BCUT2D eigenvalue weighted by atomic mass is 16.5. The molecule has 0 saturated heterocycles. The van der Waals surface area contributed by atoms with Crippen LogP contribution in [0.25, 0.3) is 27.8 Å². The van der Waals surface area contributed by atoms with E-state index in [1.165, 1.54) is 4.80 Å². The van der Waals surface area contributed by atoms with Crippen molar-refractivity contribution in [1.29, 1.82) is 0 Å². The summed E-state index contributed by atoms with van der Waals surface area (Å²) in [4.78, 5) is 17.2. The Labute approximate surface area is 179 Å². The topological polar surface area (TPSA) is 90.1 Å². The van der Waals surface area contributed by atoms with Gasteiger partial charge in [-0.3, -0.25) is 9.78 Å². The number of nitrogens with zero attached hydrogens (tertiary/aromatic N) is 4. The van der Waals surface area contributed by atoms with Crippen LogP contribution in [0.3, 0.4) is 0 Å². The van der Waals surface area contributed by atoms with Crippen LogP contribution < -0.4 is 4.74 Å². The molecule has 2 heterocycles. The number of ether oxygens (including phenoxy) is 1. The molecule has 0 bridgehead atoms. The highest BCUT2D eigenvalue weighted by Crippen LogP contribution is 2.31. The zero-order chi connectivity index (χ0) is 22.0. The number of pyridine rings is 1. The second-order valence-corrected chi connectivity index (χ2v) is 8.07. The largest absolute Gasteiger partial charge is 0.515 e. The molecule has 0 aliphatic carbocycles. The Kier molecular flexibility index (Phi) is 5.25. The van der Waals surface area contributed by atoms with Gasteiger partial charge < -0.3 is 9.84 Å². The van der Waals surface area contributed by atoms with Gasteiger partial charge in [0.1, 0.15) is 16.6 Å². The minimum Gasteiger partial charge on any atom is -0.515 e. The SMILES string of the molecule is CC(C)(C)C(=C\O)/C=C(/Oc1ccc(C=O)c2cccnc12)n1nc2ccccc2n1. The van der Waals surface area contributed by atoms with Crippen LogP contribution in [0.15, 0.2) is 72.6 Å². The van der Waals surface area contributed by atoms with E-state index in [1.54, 1.807) is 30.5 Å². The Morgan fingerprint density at radius 3 is 2.35 bits per heavy atom. The van der Waals surface area contributed by atoms with Crippen LogP contribution in [0.5, 0.6) is 5.75 Å². The first-order chi connectivity index (χ1) is 14.9. The number of carbonyl (C=O) groups is 1. The fourth-order valence-electron chi connectivity index (χ4n) is 3.13. The van der Waals surface area contributed by atoms with E-state index in [-0.39, 0.29) is 11.3 Å². The number of fused-ring (bicyclic) bond motifs is 2. The number of allylic oxidation sites excluding steroid dienone is 2. The van der Waals surface area contributed by atoms with Crippen LogP contribution >= 0.6 is 0 Å². The van der Waals surface area contributed by atoms with E-state index in [2.05, 4.69) is 15.2 Å². The summed E-state index contributed by atoms with van der Waals surface area (Å²) in [5, 5.41) is 19.6. The lowest BCUT2D eigenvalue weighted by atomic mass is 9.87. The Morgan fingerprint density at radius 2 is 1.74 bits per heavy atom. The summed E-state index contributed by atoms with van der Waals surface area (Å²) >= 11 is 0. The van der Waals surface area contributed by atoms with Gasteiger partial charge >= 0.3 is 0 Å². The molecule has 4 aromatic rings. The monoisotopic (exact) mass is 414 g/mol. The quantitative estimate of drug-likeness (QED) is 0.276. The first-order valence-electron chi connectivity index (χ1n) is 9.80. The fraction of sp³-hybridized carbons (Fsp3) is 0.167. The number of aliphatic hydroxyl groups excluding tert-OH is 1. The van der Waals surface area contributed by atoms with Crippen molar-refractivity contribution in [3.63, 3.8) is 0 Å². The normalized spacial score (nSPS) is 13.0. The van der Waals surface area contributed by atoms with Crippen LogP contribution in [0.2, 0.25) is 0 Å². The lowest BCUT2D eigenvalue weighted by Crippen LogP contribution is -2.13. The molecule has 0 spiro atoms. The van der Waals surface area contributed by atoms with E-state index < -0.39 is 0 Å². The molecule has 7 nitrogen and oxygen atoms in total. The molecule has 4 rings (SSSR count). The molecule has 31 heavy (non-hydrogen) atoms. The Bertz CT molecular complexity index is 1300. The van der Waals surface area contributed by atoms with Crippen LogP contribution in [0.1, 0.15) is 31.1 Å². The summed E-state index contributed by atoms with van der Waals surface area (Å²) in [6, 6.07) is 14.4. The van der Waals surface area contributed by atoms with Gasteiger partial charge in [0.05, 0.1) is 6.26 Å². The zero-order valence-electron chi connectivity index (χ0n) is 17.5. The summed E-state index contributed by atoms with van der Waals surface area (Å²) < 4.78 is 6.24. The fourth-order valence-corrected chi connectivity index (χ4v) is 3.13. The number of aldehydes is 1. The smallest absolute Gasteiger partial charge is 0.239 e. The number of hydrogen-bond donors (Lipinski definition) is 1. The van der Waals surface area contributed by atoms with Gasteiger partial charge in [0.2, 0.25) is 5.88 Å². The average molecular weight is 414 g/mol. The molecular formula is C24H22N4O3. The van der Waals surface area contributed by atoms with Gasteiger partial charge in [-0.2, -0.15) is 0 Å². The number of benzene rings is 2. The lowest BCUT2D eigenvalue weighted by Gasteiger charge is -2.20. The number of rotatable bonds is 5. The Balaban J connectivity index is 1.88. The summed E-state index contributed by atoms with van der Waals surface area (Å²) in [5.74, 6) is 0.734. The predicted molar refractivity (Wildman–Crippen MR) is 120 cm³/mol. The van der Waals surface area contributed by atoms with Gasteiger partial charge in [0.15, 0.2) is 12.0 Å². The van der Waals surface area contributed by atoms with Crippen LogP contribution in [0.4, 0.5) is 0 Å². The molecule has 0 atom stereocenters. The molecule has 156 valence electrons. The summed E-state index contributed by atoms with van der Waals surface area (Å²) in [6.45, 7) is 5.93. The highest BCUT2D eigenvalue weighted by Gasteiger charge is 2.20. The predicted octanol–water partition coefficient (Wildman–Crippen LogP) is 5.16. The van der Waals surface area contributed by atoms with E-state index in [0.29, 0.717) is 38.8 Å². The minimum atomic E-state index is -0.350. The van der Waals surface area contributed by atoms with E-state index in [9.17, 15) is 9.90 Å². The van der Waals surface area contributed by atoms with Crippen molar-refractivity contribution in [3.8, 4) is 5.75 Å². The molecule has 0 aliphatic heterocycles. The van der Waals surface area contributed by atoms with Crippen molar-refractivity contribution in [1.82, 2.24) is 20.0 Å². The number of aromatic nitrogens is 4. The molecule has 2 aromatic heterocycles.